The van der Waals surface area contributed by atoms with Crippen molar-refractivity contribution in [2.75, 3.05) is 18.5 Å². The zero-order valence-electron chi connectivity index (χ0n) is 10.3. The minimum Gasteiger partial charge on any atom is -0.486 e. The standard InChI is InChI=1S/C15H17NO2/c1-2-10-8-13(12(10)3-1)16-11-4-5-14-15(9-11)18-7-6-17-14/h1,3-5,9-10,12-13,16H,2,6-8H2. The third-order valence-electron chi connectivity index (χ3n) is 4.26. The van der Waals surface area contributed by atoms with Crippen LogP contribution in [-0.4, -0.2) is 19.3 Å². The molecule has 1 N–H and O–H groups in total. The largest absolute Gasteiger partial charge is 0.486 e. The lowest BCUT2D eigenvalue weighted by Gasteiger charge is -2.41. The SMILES string of the molecule is C1=CC2C(C1)CC2Nc1ccc2c(c1)OCCO2. The first-order valence-corrected chi connectivity index (χ1v) is 6.73. The van der Waals surface area contributed by atoms with Gasteiger partial charge < -0.3 is 14.8 Å². The summed E-state index contributed by atoms with van der Waals surface area (Å²) in [5.74, 6) is 3.35. The van der Waals surface area contributed by atoms with Crippen LogP contribution in [0.4, 0.5) is 5.69 Å². The molecule has 0 radical (unpaired) electrons. The molecule has 0 saturated heterocycles. The van der Waals surface area contributed by atoms with Gasteiger partial charge >= 0.3 is 0 Å². The van der Waals surface area contributed by atoms with Crippen LogP contribution < -0.4 is 14.8 Å². The normalized spacial score (nSPS) is 31.7. The second kappa shape index (κ2) is 3.94. The molecule has 0 aromatic heterocycles. The van der Waals surface area contributed by atoms with E-state index in [9.17, 15) is 0 Å². The second-order valence-electron chi connectivity index (χ2n) is 5.35. The fourth-order valence-electron chi connectivity index (χ4n) is 3.23. The van der Waals surface area contributed by atoms with E-state index in [2.05, 4.69) is 29.6 Å². The van der Waals surface area contributed by atoms with E-state index in [4.69, 9.17) is 9.47 Å². The van der Waals surface area contributed by atoms with E-state index in [-0.39, 0.29) is 0 Å². The minimum absolute atomic E-state index is 0.594. The predicted molar refractivity (Wildman–Crippen MR) is 70.2 cm³/mol. The Bertz CT molecular complexity index is 497. The maximum absolute atomic E-state index is 5.60. The summed E-state index contributed by atoms with van der Waals surface area (Å²) >= 11 is 0. The van der Waals surface area contributed by atoms with Crippen LogP contribution in [0.5, 0.6) is 11.5 Å². The van der Waals surface area contributed by atoms with Gasteiger partial charge in [0.05, 0.1) is 0 Å². The third-order valence-corrected chi connectivity index (χ3v) is 4.26. The molecule has 1 aromatic rings. The number of hydrogen-bond acceptors (Lipinski definition) is 3. The van der Waals surface area contributed by atoms with Gasteiger partial charge in [-0.1, -0.05) is 12.2 Å². The van der Waals surface area contributed by atoms with Crippen LogP contribution in [0.2, 0.25) is 0 Å². The summed E-state index contributed by atoms with van der Waals surface area (Å²) in [4.78, 5) is 0. The van der Waals surface area contributed by atoms with Crippen molar-refractivity contribution in [2.45, 2.75) is 18.9 Å². The lowest BCUT2D eigenvalue weighted by atomic mass is 9.71. The number of fused-ring (bicyclic) bond motifs is 2. The maximum atomic E-state index is 5.60. The molecule has 3 unspecified atom stereocenters. The van der Waals surface area contributed by atoms with Crippen LogP contribution in [0.1, 0.15) is 12.8 Å². The highest BCUT2D eigenvalue weighted by atomic mass is 16.6. The fraction of sp³-hybridized carbons (Fsp3) is 0.467. The molecule has 3 aliphatic rings. The zero-order valence-corrected chi connectivity index (χ0v) is 10.3. The molecule has 0 bridgehead atoms. The van der Waals surface area contributed by atoms with Crippen molar-refractivity contribution in [3.63, 3.8) is 0 Å². The molecule has 3 nitrogen and oxygen atoms in total. The van der Waals surface area contributed by atoms with Gasteiger partial charge in [-0.2, -0.15) is 0 Å². The number of anilines is 1. The molecule has 2 aliphatic carbocycles. The Kier molecular flexibility index (Phi) is 2.25. The van der Waals surface area contributed by atoms with Crippen molar-refractivity contribution in [3.05, 3.63) is 30.4 Å². The van der Waals surface area contributed by atoms with E-state index < -0.39 is 0 Å². The molecule has 1 fully saturated rings. The highest BCUT2D eigenvalue weighted by Gasteiger charge is 2.40. The topological polar surface area (TPSA) is 30.5 Å². The first-order chi connectivity index (χ1) is 8.90. The summed E-state index contributed by atoms with van der Waals surface area (Å²) in [6.45, 7) is 1.30. The molecule has 0 amide bonds. The summed E-state index contributed by atoms with van der Waals surface area (Å²) < 4.78 is 11.1. The summed E-state index contributed by atoms with van der Waals surface area (Å²) in [5, 5.41) is 3.61. The van der Waals surface area contributed by atoms with Gasteiger partial charge in [0.25, 0.3) is 0 Å². The van der Waals surface area contributed by atoms with Crippen molar-refractivity contribution in [2.24, 2.45) is 11.8 Å². The first kappa shape index (κ1) is 10.3. The highest BCUT2D eigenvalue weighted by Crippen LogP contribution is 2.44. The van der Waals surface area contributed by atoms with E-state index in [1.54, 1.807) is 0 Å². The predicted octanol–water partition coefficient (Wildman–Crippen LogP) is 2.83. The van der Waals surface area contributed by atoms with Crippen LogP contribution in [0.3, 0.4) is 0 Å². The smallest absolute Gasteiger partial charge is 0.163 e. The Balaban J connectivity index is 1.50. The molecule has 1 aromatic carbocycles. The van der Waals surface area contributed by atoms with Crippen LogP contribution >= 0.6 is 0 Å². The average Bonchev–Trinajstić information content (AvgIpc) is 2.77. The molecule has 1 saturated carbocycles. The van der Waals surface area contributed by atoms with Crippen molar-refractivity contribution >= 4 is 5.69 Å². The number of ether oxygens (including phenoxy) is 2. The molecule has 3 heteroatoms. The van der Waals surface area contributed by atoms with Gasteiger partial charge in [-0.15, -0.1) is 0 Å². The summed E-state index contributed by atoms with van der Waals surface area (Å²) in [5.41, 5.74) is 1.14. The van der Waals surface area contributed by atoms with E-state index in [0.29, 0.717) is 19.3 Å². The van der Waals surface area contributed by atoms with Gasteiger partial charge in [-0.05, 0) is 30.9 Å². The Labute approximate surface area is 107 Å². The molecule has 4 rings (SSSR count). The molecule has 1 heterocycles. The molecule has 1 aliphatic heterocycles. The van der Waals surface area contributed by atoms with Gasteiger partial charge in [0.15, 0.2) is 11.5 Å². The van der Waals surface area contributed by atoms with E-state index in [0.717, 1.165) is 29.0 Å². The number of nitrogens with one attached hydrogen (secondary N) is 1. The summed E-state index contributed by atoms with van der Waals surface area (Å²) in [6, 6.07) is 6.73. The van der Waals surface area contributed by atoms with Crippen LogP contribution in [0.15, 0.2) is 30.4 Å². The number of allylic oxidation sites excluding steroid dienone is 1. The quantitative estimate of drug-likeness (QED) is 0.810. The lowest BCUT2D eigenvalue weighted by Crippen LogP contribution is -2.43. The molecular formula is C15H17NO2. The van der Waals surface area contributed by atoms with E-state index >= 15 is 0 Å². The van der Waals surface area contributed by atoms with Gasteiger partial charge in [-0.3, -0.25) is 0 Å². The van der Waals surface area contributed by atoms with Gasteiger partial charge in [0.2, 0.25) is 0 Å². The highest BCUT2D eigenvalue weighted by molar-refractivity contribution is 5.56. The third kappa shape index (κ3) is 1.57. The average molecular weight is 243 g/mol. The zero-order chi connectivity index (χ0) is 11.9. The van der Waals surface area contributed by atoms with Crippen molar-refractivity contribution < 1.29 is 9.47 Å². The maximum Gasteiger partial charge on any atom is 0.163 e. The summed E-state index contributed by atoms with van der Waals surface area (Å²) in [6.07, 6.45) is 7.24. The molecule has 94 valence electrons. The van der Waals surface area contributed by atoms with E-state index in [1.807, 2.05) is 6.07 Å². The Hall–Kier alpha value is -1.64. The van der Waals surface area contributed by atoms with Crippen LogP contribution in [0.25, 0.3) is 0 Å². The Morgan fingerprint density at radius 1 is 1.11 bits per heavy atom. The molecule has 0 spiro atoms. The van der Waals surface area contributed by atoms with Gasteiger partial charge in [0.1, 0.15) is 13.2 Å². The molecule has 3 atom stereocenters. The first-order valence-electron chi connectivity index (χ1n) is 6.73. The molecular weight excluding hydrogens is 226 g/mol. The monoisotopic (exact) mass is 243 g/mol. The lowest BCUT2D eigenvalue weighted by molar-refractivity contribution is 0.171. The van der Waals surface area contributed by atoms with Crippen LogP contribution in [0, 0.1) is 11.8 Å². The Morgan fingerprint density at radius 3 is 2.89 bits per heavy atom. The molecule has 18 heavy (non-hydrogen) atoms. The van der Waals surface area contributed by atoms with Gasteiger partial charge in [-0.25, -0.2) is 0 Å². The van der Waals surface area contributed by atoms with Crippen molar-refractivity contribution in [1.82, 2.24) is 0 Å². The van der Waals surface area contributed by atoms with Crippen molar-refractivity contribution in [3.8, 4) is 11.5 Å². The van der Waals surface area contributed by atoms with Gasteiger partial charge in [0, 0.05) is 23.7 Å². The second-order valence-corrected chi connectivity index (χ2v) is 5.35. The number of rotatable bonds is 2. The minimum atomic E-state index is 0.594. The Morgan fingerprint density at radius 2 is 2.00 bits per heavy atom. The van der Waals surface area contributed by atoms with E-state index in [1.165, 1.54) is 12.8 Å². The summed E-state index contributed by atoms with van der Waals surface area (Å²) in [7, 11) is 0. The van der Waals surface area contributed by atoms with Crippen LogP contribution in [-0.2, 0) is 0 Å². The number of benzene rings is 1. The number of hydrogen-bond donors (Lipinski definition) is 1. The fourth-order valence-corrected chi connectivity index (χ4v) is 3.23. The van der Waals surface area contributed by atoms with Crippen molar-refractivity contribution in [1.29, 1.82) is 0 Å².